The van der Waals surface area contributed by atoms with E-state index in [0.29, 0.717) is 0 Å². The molecule has 0 amide bonds. The van der Waals surface area contributed by atoms with Gasteiger partial charge in [-0.3, -0.25) is 0 Å². The third kappa shape index (κ3) is 3.45. The summed E-state index contributed by atoms with van der Waals surface area (Å²) in [4.78, 5) is -1.98. The summed E-state index contributed by atoms with van der Waals surface area (Å²) in [7, 11) is -5.14. The Morgan fingerprint density at radius 3 is 1.35 bits per heavy atom. The molecule has 0 atom stereocenters. The van der Waals surface area contributed by atoms with Crippen LogP contribution in [0.2, 0.25) is 0 Å². The Hall–Kier alpha value is -0.790. The number of hydrogen-bond donors (Lipinski definition) is 0. The molecule has 1 aromatic rings. The predicted molar refractivity (Wildman–Crippen MR) is 65.1 cm³/mol. The third-order valence-corrected chi connectivity index (χ3v) is 5.84. The van der Waals surface area contributed by atoms with Crippen LogP contribution >= 0.6 is 6.83 Å². The molecule has 0 saturated heterocycles. The van der Waals surface area contributed by atoms with Gasteiger partial charge in [-0.1, -0.05) is 0 Å². The van der Waals surface area contributed by atoms with Gasteiger partial charge in [-0.15, -0.1) is 0 Å². The third-order valence-electron chi connectivity index (χ3n) is 1.82. The summed E-state index contributed by atoms with van der Waals surface area (Å²) >= 11 is 0. The van der Waals surface area contributed by atoms with Crippen molar-refractivity contribution in [2.24, 2.45) is 0 Å². The van der Waals surface area contributed by atoms with E-state index >= 15 is 0 Å². The van der Waals surface area contributed by atoms with Crippen LogP contribution in [0.3, 0.4) is 0 Å². The van der Waals surface area contributed by atoms with Crippen molar-refractivity contribution in [2.75, 3.05) is 26.7 Å². The standard InChI is InChI=1S/C10H12F5O3PS/c1-19(2,3,4)18-20(16,17)10-8(14)6(12)5(11)7(13)9(10)15/h1-4H3. The SMILES string of the molecule is CP(C)(C)(C)OS(=O)(=O)c1c(F)c(F)c(F)c(F)c1F. The van der Waals surface area contributed by atoms with E-state index in [4.69, 9.17) is 0 Å². The fourth-order valence-electron chi connectivity index (χ4n) is 1.23. The van der Waals surface area contributed by atoms with E-state index in [-0.39, 0.29) is 0 Å². The van der Waals surface area contributed by atoms with E-state index in [2.05, 4.69) is 3.97 Å². The molecule has 3 nitrogen and oxygen atoms in total. The second-order valence-corrected chi connectivity index (χ2v) is 14.6. The van der Waals surface area contributed by atoms with Crippen LogP contribution in [-0.4, -0.2) is 35.1 Å². The summed E-state index contributed by atoms with van der Waals surface area (Å²) < 4.78 is 93.9. The second kappa shape index (κ2) is 4.61. The van der Waals surface area contributed by atoms with E-state index in [0.717, 1.165) is 0 Å². The molecule has 1 aromatic carbocycles. The van der Waals surface area contributed by atoms with Gasteiger partial charge in [0.15, 0.2) is 0 Å². The van der Waals surface area contributed by atoms with Crippen molar-refractivity contribution in [3.8, 4) is 0 Å². The Bertz CT molecular complexity index is 640. The van der Waals surface area contributed by atoms with Gasteiger partial charge in [0.1, 0.15) is 0 Å². The number of hydrogen-bond acceptors (Lipinski definition) is 3. The van der Waals surface area contributed by atoms with Crippen LogP contribution in [0.4, 0.5) is 22.0 Å². The average Bonchev–Trinajstić information content (AvgIpc) is 2.18. The molecule has 0 spiro atoms. The monoisotopic (exact) mass is 338 g/mol. The van der Waals surface area contributed by atoms with E-state index in [1.807, 2.05) is 0 Å². The van der Waals surface area contributed by atoms with E-state index in [9.17, 15) is 30.4 Å². The molecule has 0 N–H and O–H groups in total. The van der Waals surface area contributed by atoms with Gasteiger partial charge >= 0.3 is 112 Å². The van der Waals surface area contributed by atoms with Crippen molar-refractivity contribution in [1.82, 2.24) is 0 Å². The molecule has 0 saturated carbocycles. The van der Waals surface area contributed by atoms with Gasteiger partial charge in [0, 0.05) is 0 Å². The molecule has 0 aliphatic rings. The van der Waals surface area contributed by atoms with Crippen LogP contribution in [0.5, 0.6) is 0 Å². The Morgan fingerprint density at radius 2 is 1.05 bits per heavy atom. The first-order valence-corrected chi connectivity index (χ1v) is 10.5. The van der Waals surface area contributed by atoms with Crippen molar-refractivity contribution in [3.63, 3.8) is 0 Å². The number of benzene rings is 1. The van der Waals surface area contributed by atoms with Gasteiger partial charge in [0.2, 0.25) is 0 Å². The van der Waals surface area contributed by atoms with Crippen molar-refractivity contribution < 1.29 is 34.3 Å². The second-order valence-electron chi connectivity index (χ2n) is 5.84. The summed E-state index contributed by atoms with van der Waals surface area (Å²) in [6.07, 6.45) is 0. The van der Waals surface area contributed by atoms with E-state index < -0.39 is 50.9 Å². The zero-order chi connectivity index (χ0) is 16.1. The van der Waals surface area contributed by atoms with Gasteiger partial charge < -0.3 is 0 Å². The molecule has 0 aromatic heterocycles. The van der Waals surface area contributed by atoms with Crippen LogP contribution < -0.4 is 0 Å². The predicted octanol–water partition coefficient (Wildman–Crippen LogP) is 3.07. The van der Waals surface area contributed by atoms with Crippen molar-refractivity contribution in [3.05, 3.63) is 29.1 Å². The summed E-state index contributed by atoms with van der Waals surface area (Å²) in [6, 6.07) is 0. The van der Waals surface area contributed by atoms with E-state index in [1.54, 1.807) is 0 Å². The van der Waals surface area contributed by atoms with Crippen LogP contribution in [0.15, 0.2) is 4.90 Å². The molecule has 0 radical (unpaired) electrons. The molecule has 1 rings (SSSR count). The van der Waals surface area contributed by atoms with Gasteiger partial charge in [0.25, 0.3) is 0 Å². The van der Waals surface area contributed by atoms with Crippen molar-refractivity contribution in [2.45, 2.75) is 4.90 Å². The molecule has 0 heterocycles. The summed E-state index contributed by atoms with van der Waals surface area (Å²) in [6.45, 7) is 2.24. The molecule has 0 aliphatic heterocycles. The maximum atomic E-state index is 13.4. The first kappa shape index (κ1) is 17.3. The molecule has 0 fully saturated rings. The van der Waals surface area contributed by atoms with E-state index in [1.165, 1.54) is 26.7 Å². The first-order chi connectivity index (χ1) is 8.63. The molecule has 0 aliphatic carbocycles. The molecule has 20 heavy (non-hydrogen) atoms. The fraction of sp³-hybridized carbons (Fsp3) is 0.400. The maximum absolute atomic E-state index is 13.4. The Labute approximate surface area is 112 Å². The first-order valence-electron chi connectivity index (χ1n) is 5.12. The quantitative estimate of drug-likeness (QED) is 0.368. The molecule has 116 valence electrons. The molecular formula is C10H12F5O3PS. The molecule has 10 heteroatoms. The van der Waals surface area contributed by atoms with Crippen LogP contribution in [0.25, 0.3) is 0 Å². The minimum atomic E-state index is -5.14. The number of rotatable bonds is 3. The molecule has 0 unspecified atom stereocenters. The Morgan fingerprint density at radius 1 is 0.750 bits per heavy atom. The van der Waals surface area contributed by atoms with Crippen LogP contribution in [0.1, 0.15) is 0 Å². The molecule has 0 bridgehead atoms. The molecular weight excluding hydrogens is 326 g/mol. The average molecular weight is 338 g/mol. The fourth-order valence-corrected chi connectivity index (χ4v) is 5.29. The van der Waals surface area contributed by atoms with Gasteiger partial charge in [-0.25, -0.2) is 0 Å². The van der Waals surface area contributed by atoms with Crippen LogP contribution in [-0.2, 0) is 14.1 Å². The Balaban J connectivity index is 3.65. The van der Waals surface area contributed by atoms with Gasteiger partial charge in [-0.2, -0.15) is 0 Å². The normalized spacial score (nSPS) is 14.9. The number of halogens is 5. The van der Waals surface area contributed by atoms with Crippen molar-refractivity contribution in [1.29, 1.82) is 0 Å². The van der Waals surface area contributed by atoms with Crippen LogP contribution in [0, 0.1) is 29.1 Å². The minimum absolute atomic E-state index is 1.38. The zero-order valence-corrected chi connectivity index (χ0v) is 12.7. The van der Waals surface area contributed by atoms with Gasteiger partial charge in [-0.05, 0) is 0 Å². The topological polar surface area (TPSA) is 43.4 Å². The summed E-state index contributed by atoms with van der Waals surface area (Å²) in [5.41, 5.74) is 0. The Kier molecular flexibility index (Phi) is 3.98. The summed E-state index contributed by atoms with van der Waals surface area (Å²) in [5.74, 6) is -12.0. The summed E-state index contributed by atoms with van der Waals surface area (Å²) in [5, 5.41) is 0. The van der Waals surface area contributed by atoms with Crippen molar-refractivity contribution >= 4 is 16.9 Å². The zero-order valence-electron chi connectivity index (χ0n) is 11.0. The van der Waals surface area contributed by atoms with Gasteiger partial charge in [0.05, 0.1) is 0 Å².